The van der Waals surface area contributed by atoms with Gasteiger partial charge < -0.3 is 25.7 Å². The number of nitrogens with zero attached hydrogens (tertiary/aromatic N) is 1. The fraction of sp³-hybridized carbons (Fsp3) is 0.467. The van der Waals surface area contributed by atoms with E-state index in [0.717, 1.165) is 36.8 Å². The number of hydrogen-bond donors (Lipinski definition) is 4. The number of ketones is 1. The Morgan fingerprint density at radius 2 is 1.59 bits per heavy atom. The van der Waals surface area contributed by atoms with Crippen LogP contribution in [-0.4, -0.2) is 69.9 Å². The van der Waals surface area contributed by atoms with Crippen molar-refractivity contribution in [3.05, 3.63) is 59.7 Å². The standard InChI is InChI=1S/C30H33N3O6/c34-16-25(35)24(15-18-13-14-31-27(18)36)32-28(37)26-17-9-11-19(12-10-17)33(26)29(38)30(39)22-7-3-1-5-20(22)21-6-2-4-8-23(21)30/h1-8,17-19,24,26,34,39H,9-16H2,(H,31,36)(H,32,37)/t17?,18-,19?,24?,26?/m0/s1. The van der Waals surface area contributed by atoms with Gasteiger partial charge in [0, 0.05) is 29.6 Å². The number of amides is 3. The molecule has 204 valence electrons. The van der Waals surface area contributed by atoms with Gasteiger partial charge in [-0.15, -0.1) is 0 Å². The van der Waals surface area contributed by atoms with E-state index >= 15 is 0 Å². The van der Waals surface area contributed by atoms with E-state index in [0.29, 0.717) is 24.1 Å². The summed E-state index contributed by atoms with van der Waals surface area (Å²) in [5.74, 6) is -2.30. The molecule has 2 aromatic carbocycles. The van der Waals surface area contributed by atoms with Crippen LogP contribution in [0.1, 0.15) is 49.7 Å². The summed E-state index contributed by atoms with van der Waals surface area (Å²) in [4.78, 5) is 54.7. The van der Waals surface area contributed by atoms with Crippen LogP contribution < -0.4 is 10.6 Å². The maximum atomic E-state index is 14.5. The zero-order chi connectivity index (χ0) is 27.3. The predicted molar refractivity (Wildman–Crippen MR) is 141 cm³/mol. The lowest BCUT2D eigenvalue weighted by atomic mass is 9.73. The number of rotatable bonds is 7. The fourth-order valence-corrected chi connectivity index (χ4v) is 7.20. The van der Waals surface area contributed by atoms with Crippen LogP contribution >= 0.6 is 0 Å². The third-order valence-electron chi connectivity index (χ3n) is 9.16. The largest absolute Gasteiger partial charge is 0.389 e. The molecule has 0 spiro atoms. The number of Topliss-reactive ketones (excluding diaryl/α,β-unsaturated/α-hetero) is 1. The van der Waals surface area contributed by atoms with Crippen molar-refractivity contribution < 1.29 is 29.4 Å². The molecule has 1 saturated carbocycles. The molecule has 3 amide bonds. The number of nitrogens with one attached hydrogen (secondary N) is 2. The molecule has 4 fully saturated rings. The van der Waals surface area contributed by atoms with Gasteiger partial charge in [-0.2, -0.15) is 0 Å². The Hall–Kier alpha value is -3.56. The van der Waals surface area contributed by atoms with Gasteiger partial charge in [0.2, 0.25) is 11.8 Å². The molecule has 2 aromatic rings. The van der Waals surface area contributed by atoms with Crippen LogP contribution in [0.25, 0.3) is 11.1 Å². The summed E-state index contributed by atoms with van der Waals surface area (Å²) in [7, 11) is 0. The highest BCUT2D eigenvalue weighted by Crippen LogP contribution is 2.50. The van der Waals surface area contributed by atoms with Crippen molar-refractivity contribution in [1.82, 2.24) is 15.5 Å². The number of carbonyl (C=O) groups is 4. The molecule has 9 heteroatoms. The summed E-state index contributed by atoms with van der Waals surface area (Å²) >= 11 is 0. The van der Waals surface area contributed by atoms with E-state index < -0.39 is 47.8 Å². The molecular weight excluding hydrogens is 498 g/mol. The predicted octanol–water partition coefficient (Wildman–Crippen LogP) is 1.24. The van der Waals surface area contributed by atoms with Gasteiger partial charge in [-0.1, -0.05) is 48.5 Å². The van der Waals surface area contributed by atoms with Gasteiger partial charge in [-0.3, -0.25) is 19.2 Å². The Labute approximate surface area is 226 Å². The Bertz CT molecular complexity index is 1290. The van der Waals surface area contributed by atoms with Gasteiger partial charge in [0.15, 0.2) is 11.4 Å². The van der Waals surface area contributed by atoms with Crippen LogP contribution in [0.15, 0.2) is 48.5 Å². The van der Waals surface area contributed by atoms with Crippen molar-refractivity contribution in [2.75, 3.05) is 13.2 Å². The molecule has 5 aliphatic rings. The quantitative estimate of drug-likeness (QED) is 0.425. The summed E-state index contributed by atoms with van der Waals surface area (Å²) in [6.45, 7) is -0.250. The average molecular weight is 532 g/mol. The van der Waals surface area contributed by atoms with E-state index in [2.05, 4.69) is 10.6 Å². The third-order valence-corrected chi connectivity index (χ3v) is 9.16. The number of piperidine rings is 2. The van der Waals surface area contributed by atoms with Crippen LogP contribution in [0.3, 0.4) is 0 Å². The number of fused-ring (bicyclic) bond motifs is 6. The summed E-state index contributed by atoms with van der Waals surface area (Å²) in [5.41, 5.74) is 0.631. The Morgan fingerprint density at radius 3 is 2.15 bits per heavy atom. The molecule has 2 unspecified atom stereocenters. The van der Waals surface area contributed by atoms with Crippen LogP contribution in [0.5, 0.6) is 0 Å². The highest BCUT2D eigenvalue weighted by atomic mass is 16.3. The normalized spacial score (nSPS) is 26.9. The molecule has 3 atom stereocenters. The molecular formula is C30H33N3O6. The molecule has 39 heavy (non-hydrogen) atoms. The maximum Gasteiger partial charge on any atom is 0.264 e. The van der Waals surface area contributed by atoms with Crippen molar-refractivity contribution in [2.45, 2.75) is 62.3 Å². The monoisotopic (exact) mass is 531 g/mol. The molecule has 4 N–H and O–H groups in total. The van der Waals surface area contributed by atoms with E-state index in [9.17, 15) is 29.4 Å². The molecule has 9 nitrogen and oxygen atoms in total. The van der Waals surface area contributed by atoms with Crippen LogP contribution in [0, 0.1) is 11.8 Å². The smallest absolute Gasteiger partial charge is 0.264 e. The zero-order valence-electron chi connectivity index (χ0n) is 21.6. The van der Waals surface area contributed by atoms with E-state index in [4.69, 9.17) is 0 Å². The maximum absolute atomic E-state index is 14.5. The highest BCUT2D eigenvalue weighted by Gasteiger charge is 2.56. The van der Waals surface area contributed by atoms with Crippen molar-refractivity contribution in [1.29, 1.82) is 0 Å². The first-order chi connectivity index (χ1) is 18.8. The topological polar surface area (TPSA) is 136 Å². The molecule has 7 rings (SSSR count). The van der Waals surface area contributed by atoms with E-state index in [1.807, 2.05) is 24.3 Å². The van der Waals surface area contributed by atoms with Gasteiger partial charge >= 0.3 is 0 Å². The minimum atomic E-state index is -1.94. The van der Waals surface area contributed by atoms with Gasteiger partial charge in [0.25, 0.3) is 5.91 Å². The van der Waals surface area contributed by atoms with E-state index in [1.54, 1.807) is 29.2 Å². The minimum Gasteiger partial charge on any atom is -0.389 e. The van der Waals surface area contributed by atoms with Crippen molar-refractivity contribution in [3.8, 4) is 11.1 Å². The van der Waals surface area contributed by atoms with Crippen molar-refractivity contribution in [2.24, 2.45) is 11.8 Å². The Morgan fingerprint density at radius 1 is 0.974 bits per heavy atom. The summed E-state index contributed by atoms with van der Waals surface area (Å²) in [6.07, 6.45) is 3.65. The van der Waals surface area contributed by atoms with Gasteiger partial charge in [-0.05, 0) is 55.6 Å². The lowest BCUT2D eigenvalue weighted by Gasteiger charge is -2.52. The summed E-state index contributed by atoms with van der Waals surface area (Å²) in [6, 6.07) is 12.5. The number of aliphatic hydroxyl groups excluding tert-OH is 1. The summed E-state index contributed by atoms with van der Waals surface area (Å²) in [5, 5.41) is 27.3. The van der Waals surface area contributed by atoms with Crippen molar-refractivity contribution >= 4 is 23.5 Å². The third kappa shape index (κ3) is 4.06. The molecule has 0 radical (unpaired) electrons. The van der Waals surface area contributed by atoms with Gasteiger partial charge in [0.05, 0.1) is 6.04 Å². The number of benzene rings is 2. The van der Waals surface area contributed by atoms with Crippen LogP contribution in [0.2, 0.25) is 0 Å². The van der Waals surface area contributed by atoms with E-state index in [-0.39, 0.29) is 24.3 Å². The minimum absolute atomic E-state index is 0.0937. The molecule has 0 aromatic heterocycles. The average Bonchev–Trinajstić information content (AvgIpc) is 3.50. The second-order valence-electron chi connectivity index (χ2n) is 11.2. The lowest BCUT2D eigenvalue weighted by molar-refractivity contribution is -0.166. The molecule has 2 aliphatic carbocycles. The lowest BCUT2D eigenvalue weighted by Crippen LogP contribution is -2.66. The first kappa shape index (κ1) is 25.7. The molecule has 3 saturated heterocycles. The summed E-state index contributed by atoms with van der Waals surface area (Å²) < 4.78 is 0. The first-order valence-corrected chi connectivity index (χ1v) is 13.8. The SMILES string of the molecule is O=C(CO)C(C[C@@H]1CCNC1=O)NC(=O)C1C2CCC(CC2)N1C(=O)C1(O)c2ccccc2-c2ccccc21. The first-order valence-electron chi connectivity index (χ1n) is 13.8. The van der Waals surface area contributed by atoms with Crippen molar-refractivity contribution in [3.63, 3.8) is 0 Å². The second kappa shape index (κ2) is 9.88. The van der Waals surface area contributed by atoms with Gasteiger partial charge in [0.1, 0.15) is 12.6 Å². The number of aliphatic hydroxyl groups is 2. The molecule has 3 aliphatic heterocycles. The highest BCUT2D eigenvalue weighted by molar-refractivity contribution is 6.01. The Kier molecular flexibility index (Phi) is 6.51. The van der Waals surface area contributed by atoms with E-state index in [1.165, 1.54) is 0 Å². The molecule has 2 bridgehead atoms. The number of hydrogen-bond acceptors (Lipinski definition) is 6. The number of carbonyl (C=O) groups excluding carboxylic acids is 4. The van der Waals surface area contributed by atoms with Crippen LogP contribution in [0.4, 0.5) is 0 Å². The van der Waals surface area contributed by atoms with Crippen LogP contribution in [-0.2, 0) is 24.8 Å². The van der Waals surface area contributed by atoms with Gasteiger partial charge in [-0.25, -0.2) is 0 Å². The molecule has 3 heterocycles. The zero-order valence-corrected chi connectivity index (χ0v) is 21.6. The second-order valence-corrected chi connectivity index (χ2v) is 11.2. The fourth-order valence-electron chi connectivity index (χ4n) is 7.20. The Balaban J connectivity index is 1.33.